The normalized spacial score (nSPS) is 12.9. The van der Waals surface area contributed by atoms with E-state index >= 15 is 0 Å². The molecule has 0 aromatic heterocycles. The molecule has 8 heteroatoms. The minimum absolute atomic E-state index is 0.0541. The van der Waals surface area contributed by atoms with Crippen LogP contribution in [0, 0.1) is 20.8 Å². The van der Waals surface area contributed by atoms with Gasteiger partial charge < -0.3 is 10.2 Å². The Morgan fingerprint density at radius 3 is 2.05 bits per heavy atom. The molecule has 7 nitrogen and oxygen atoms in total. The highest BCUT2D eigenvalue weighted by atomic mass is 32.2. The number of hydrogen-bond acceptors (Lipinski definition) is 4. The van der Waals surface area contributed by atoms with Crippen LogP contribution < -0.4 is 9.62 Å². The van der Waals surface area contributed by atoms with Gasteiger partial charge in [0.1, 0.15) is 12.6 Å². The number of nitrogens with one attached hydrogen (secondary N) is 1. The Morgan fingerprint density at radius 1 is 0.846 bits per heavy atom. The van der Waals surface area contributed by atoms with Crippen molar-refractivity contribution in [3.05, 3.63) is 95.1 Å². The molecule has 0 unspecified atom stereocenters. The van der Waals surface area contributed by atoms with Crippen molar-refractivity contribution >= 4 is 27.5 Å². The Labute approximate surface area is 232 Å². The van der Waals surface area contributed by atoms with Crippen LogP contribution >= 0.6 is 0 Å². The van der Waals surface area contributed by atoms with E-state index in [0.29, 0.717) is 5.69 Å². The Morgan fingerprint density at radius 2 is 1.46 bits per heavy atom. The van der Waals surface area contributed by atoms with Crippen molar-refractivity contribution in [2.45, 2.75) is 71.5 Å². The maximum atomic E-state index is 14.0. The molecule has 2 atom stereocenters. The first-order chi connectivity index (χ1) is 18.4. The summed E-state index contributed by atoms with van der Waals surface area (Å²) in [5.41, 5.74) is 4.06. The van der Waals surface area contributed by atoms with Crippen molar-refractivity contribution < 1.29 is 18.0 Å². The van der Waals surface area contributed by atoms with Crippen molar-refractivity contribution in [3.8, 4) is 0 Å². The van der Waals surface area contributed by atoms with Crippen molar-refractivity contribution in [2.24, 2.45) is 0 Å². The lowest BCUT2D eigenvalue weighted by Gasteiger charge is -2.32. The second kappa shape index (κ2) is 12.9. The summed E-state index contributed by atoms with van der Waals surface area (Å²) < 4.78 is 28.9. The first kappa shape index (κ1) is 29.9. The minimum Gasteiger partial charge on any atom is -0.352 e. The van der Waals surface area contributed by atoms with E-state index in [1.807, 2.05) is 65.0 Å². The molecule has 2 amide bonds. The van der Waals surface area contributed by atoms with E-state index in [9.17, 15) is 18.0 Å². The van der Waals surface area contributed by atoms with Crippen LogP contribution in [0.4, 0.5) is 5.69 Å². The molecule has 39 heavy (non-hydrogen) atoms. The second-order valence-electron chi connectivity index (χ2n) is 10.2. The maximum absolute atomic E-state index is 14.0. The van der Waals surface area contributed by atoms with E-state index < -0.39 is 28.5 Å². The predicted octanol–water partition coefficient (Wildman–Crippen LogP) is 5.14. The zero-order chi connectivity index (χ0) is 28.7. The molecular formula is C31H39N3O4S. The number of amides is 2. The standard InChI is InChI=1S/C31H39N3O4S/c1-7-25(5)32-31(36)26(6)33(20-27-12-8-10-23(3)18-27)30(35)21-34(28-13-9-11-24(4)19-28)39(37,38)29-16-14-22(2)15-17-29/h8-19,25-26H,7,20-21H2,1-6H3,(H,32,36)/t25-,26-/m0/s1. The van der Waals surface area contributed by atoms with Gasteiger partial charge in [-0.15, -0.1) is 0 Å². The molecule has 208 valence electrons. The summed E-state index contributed by atoms with van der Waals surface area (Å²) in [5, 5.41) is 2.95. The third kappa shape index (κ3) is 7.69. The first-order valence-corrected chi connectivity index (χ1v) is 14.7. The van der Waals surface area contributed by atoms with Gasteiger partial charge in [0.2, 0.25) is 11.8 Å². The second-order valence-corrected chi connectivity index (χ2v) is 12.0. The van der Waals surface area contributed by atoms with Crippen LogP contribution in [0.5, 0.6) is 0 Å². The number of carbonyl (C=O) groups is 2. The van der Waals surface area contributed by atoms with Crippen LogP contribution in [-0.2, 0) is 26.2 Å². The Kier molecular flexibility index (Phi) is 9.92. The number of sulfonamides is 1. The summed E-state index contributed by atoms with van der Waals surface area (Å²) in [4.78, 5) is 28.7. The predicted molar refractivity (Wildman–Crippen MR) is 156 cm³/mol. The van der Waals surface area contributed by atoms with E-state index in [1.54, 1.807) is 49.4 Å². The lowest BCUT2D eigenvalue weighted by molar-refractivity contribution is -0.139. The number of hydrogen-bond donors (Lipinski definition) is 1. The highest BCUT2D eigenvalue weighted by Gasteiger charge is 2.32. The average Bonchev–Trinajstić information content (AvgIpc) is 2.89. The molecule has 0 bridgehead atoms. The van der Waals surface area contributed by atoms with E-state index in [4.69, 9.17) is 0 Å². The molecule has 0 radical (unpaired) electrons. The van der Waals surface area contributed by atoms with Gasteiger partial charge in [-0.2, -0.15) is 0 Å². The summed E-state index contributed by atoms with van der Waals surface area (Å²) in [6, 6.07) is 20.5. The molecule has 0 aliphatic rings. The van der Waals surface area contributed by atoms with E-state index in [1.165, 1.54) is 4.90 Å². The number of nitrogens with zero attached hydrogens (tertiary/aromatic N) is 2. The lowest BCUT2D eigenvalue weighted by Crippen LogP contribution is -2.52. The van der Waals surface area contributed by atoms with Gasteiger partial charge in [-0.25, -0.2) is 8.42 Å². The van der Waals surface area contributed by atoms with E-state index in [2.05, 4.69) is 5.32 Å². The Bertz CT molecular complexity index is 1400. The fraction of sp³-hybridized carbons (Fsp3) is 0.355. The van der Waals surface area contributed by atoms with Crippen LogP contribution in [-0.4, -0.2) is 43.8 Å². The third-order valence-electron chi connectivity index (χ3n) is 6.78. The molecule has 3 rings (SSSR count). The summed E-state index contributed by atoms with van der Waals surface area (Å²) in [6.07, 6.45) is 0.750. The lowest BCUT2D eigenvalue weighted by atomic mass is 10.1. The van der Waals surface area contributed by atoms with Crippen LogP contribution in [0.1, 0.15) is 49.4 Å². The SMILES string of the molecule is CC[C@H](C)NC(=O)[C@H](C)N(Cc1cccc(C)c1)C(=O)CN(c1cccc(C)c1)S(=O)(=O)c1ccc(C)cc1. The van der Waals surface area contributed by atoms with Gasteiger partial charge in [-0.3, -0.25) is 13.9 Å². The average molecular weight is 550 g/mol. The summed E-state index contributed by atoms with van der Waals surface area (Å²) in [6.45, 7) is 11.0. The van der Waals surface area contributed by atoms with E-state index in [-0.39, 0.29) is 23.4 Å². The molecule has 0 spiro atoms. The molecule has 0 fully saturated rings. The molecule has 0 heterocycles. The molecule has 0 aliphatic carbocycles. The summed E-state index contributed by atoms with van der Waals surface area (Å²) in [5.74, 6) is -0.755. The smallest absolute Gasteiger partial charge is 0.264 e. The largest absolute Gasteiger partial charge is 0.352 e. The molecule has 0 saturated heterocycles. The van der Waals surface area contributed by atoms with Gasteiger partial charge in [0.05, 0.1) is 10.6 Å². The summed E-state index contributed by atoms with van der Waals surface area (Å²) in [7, 11) is -4.08. The number of anilines is 1. The maximum Gasteiger partial charge on any atom is 0.264 e. The third-order valence-corrected chi connectivity index (χ3v) is 8.57. The van der Waals surface area contributed by atoms with Gasteiger partial charge in [0.15, 0.2) is 0 Å². The van der Waals surface area contributed by atoms with Gasteiger partial charge in [-0.05, 0) is 76.4 Å². The molecule has 0 saturated carbocycles. The number of aryl methyl sites for hydroxylation is 3. The van der Waals surface area contributed by atoms with Crippen molar-refractivity contribution in [2.75, 3.05) is 10.8 Å². The highest BCUT2D eigenvalue weighted by Crippen LogP contribution is 2.26. The number of benzene rings is 3. The quantitative estimate of drug-likeness (QED) is 0.359. The first-order valence-electron chi connectivity index (χ1n) is 13.2. The monoisotopic (exact) mass is 549 g/mol. The topological polar surface area (TPSA) is 86.8 Å². The van der Waals surface area contributed by atoms with Gasteiger partial charge in [0.25, 0.3) is 10.0 Å². The number of rotatable bonds is 11. The molecule has 3 aromatic carbocycles. The Hall–Kier alpha value is -3.65. The van der Waals surface area contributed by atoms with Crippen LogP contribution in [0.3, 0.4) is 0 Å². The van der Waals surface area contributed by atoms with Gasteiger partial charge in [-0.1, -0.05) is 66.6 Å². The van der Waals surface area contributed by atoms with Crippen LogP contribution in [0.15, 0.2) is 77.7 Å². The molecular weight excluding hydrogens is 510 g/mol. The fourth-order valence-corrected chi connectivity index (χ4v) is 5.61. The van der Waals surface area contributed by atoms with Crippen LogP contribution in [0.25, 0.3) is 0 Å². The highest BCUT2D eigenvalue weighted by molar-refractivity contribution is 7.92. The molecule has 3 aromatic rings. The Balaban J connectivity index is 2.03. The van der Waals surface area contributed by atoms with Crippen molar-refractivity contribution in [1.29, 1.82) is 0 Å². The van der Waals surface area contributed by atoms with Crippen molar-refractivity contribution in [1.82, 2.24) is 10.2 Å². The van der Waals surface area contributed by atoms with Gasteiger partial charge >= 0.3 is 0 Å². The zero-order valence-corrected chi connectivity index (χ0v) is 24.5. The minimum atomic E-state index is -4.08. The van der Waals surface area contributed by atoms with Gasteiger partial charge in [0, 0.05) is 12.6 Å². The number of carbonyl (C=O) groups excluding carboxylic acids is 2. The molecule has 1 N–H and O–H groups in total. The molecule has 0 aliphatic heterocycles. The fourth-order valence-electron chi connectivity index (χ4n) is 4.20. The summed E-state index contributed by atoms with van der Waals surface area (Å²) >= 11 is 0. The van der Waals surface area contributed by atoms with Crippen LogP contribution in [0.2, 0.25) is 0 Å². The van der Waals surface area contributed by atoms with Crippen molar-refractivity contribution in [3.63, 3.8) is 0 Å². The zero-order valence-electron chi connectivity index (χ0n) is 23.6. The van der Waals surface area contributed by atoms with E-state index in [0.717, 1.165) is 33.0 Å².